The summed E-state index contributed by atoms with van der Waals surface area (Å²) in [6.07, 6.45) is 0.898. The zero-order valence-corrected chi connectivity index (χ0v) is 12.2. The second kappa shape index (κ2) is 5.22. The summed E-state index contributed by atoms with van der Waals surface area (Å²) in [4.78, 5) is 0. The number of hydrogen-bond acceptors (Lipinski definition) is 2. The van der Waals surface area contributed by atoms with E-state index >= 15 is 0 Å². The number of hydrogen-bond donors (Lipinski definition) is 1. The lowest BCUT2D eigenvalue weighted by molar-refractivity contribution is 0.454. The molecule has 0 aliphatic carbocycles. The first-order chi connectivity index (χ1) is 8.91. The van der Waals surface area contributed by atoms with Crippen molar-refractivity contribution in [1.82, 2.24) is 0 Å². The Hall–Kier alpha value is -1.54. The molecule has 0 radical (unpaired) electrons. The van der Waals surface area contributed by atoms with Crippen molar-refractivity contribution in [2.75, 3.05) is 0 Å². The minimum Gasteiger partial charge on any atom is -0.464 e. The second-order valence-corrected chi connectivity index (χ2v) is 6.01. The first-order valence-corrected chi connectivity index (χ1v) is 6.86. The van der Waals surface area contributed by atoms with Gasteiger partial charge in [0.15, 0.2) is 0 Å². The van der Waals surface area contributed by atoms with Gasteiger partial charge in [-0.2, -0.15) is 0 Å². The van der Waals surface area contributed by atoms with Crippen LogP contribution in [0.25, 0.3) is 0 Å². The van der Waals surface area contributed by atoms with E-state index in [4.69, 9.17) is 10.2 Å². The van der Waals surface area contributed by atoms with Gasteiger partial charge in [-0.3, -0.25) is 0 Å². The fourth-order valence-corrected chi connectivity index (χ4v) is 2.11. The fraction of sp³-hybridized carbons (Fsp3) is 0.412. The van der Waals surface area contributed by atoms with Crippen molar-refractivity contribution in [1.29, 1.82) is 0 Å². The summed E-state index contributed by atoms with van der Waals surface area (Å²) >= 11 is 0. The lowest BCUT2D eigenvalue weighted by Gasteiger charge is -2.20. The third kappa shape index (κ3) is 3.07. The Morgan fingerprint density at radius 1 is 1.05 bits per heavy atom. The molecule has 0 amide bonds. The van der Waals surface area contributed by atoms with Crippen LogP contribution in [0, 0.1) is 0 Å². The highest BCUT2D eigenvalue weighted by molar-refractivity contribution is 5.32. The van der Waals surface area contributed by atoms with Crippen molar-refractivity contribution < 1.29 is 4.42 Å². The van der Waals surface area contributed by atoms with Crippen LogP contribution in [-0.2, 0) is 11.8 Å². The Bertz CT molecular complexity index is 531. The van der Waals surface area contributed by atoms with E-state index < -0.39 is 0 Å². The van der Waals surface area contributed by atoms with Crippen LogP contribution in [0.15, 0.2) is 40.8 Å². The normalized spacial score (nSPS) is 13.5. The molecule has 102 valence electrons. The SMILES string of the molecule is CCc1ccc(C(N)c2ccc(C(C)(C)C)cc2)o1. The van der Waals surface area contributed by atoms with E-state index in [0.29, 0.717) is 0 Å². The number of benzene rings is 1. The molecule has 2 aromatic rings. The molecule has 1 heterocycles. The molecule has 2 N–H and O–H groups in total. The molecular formula is C17H23NO. The summed E-state index contributed by atoms with van der Waals surface area (Å²) in [5, 5.41) is 0. The van der Waals surface area contributed by atoms with Gasteiger partial charge in [0, 0.05) is 6.42 Å². The van der Waals surface area contributed by atoms with E-state index in [1.165, 1.54) is 5.56 Å². The maximum absolute atomic E-state index is 6.25. The molecule has 2 heteroatoms. The van der Waals surface area contributed by atoms with E-state index in [9.17, 15) is 0 Å². The Morgan fingerprint density at radius 2 is 1.68 bits per heavy atom. The van der Waals surface area contributed by atoms with Gasteiger partial charge in [0.25, 0.3) is 0 Å². The second-order valence-electron chi connectivity index (χ2n) is 6.01. The fourth-order valence-electron chi connectivity index (χ4n) is 2.11. The molecule has 0 fully saturated rings. The molecule has 1 unspecified atom stereocenters. The van der Waals surface area contributed by atoms with Crippen molar-refractivity contribution >= 4 is 0 Å². The Morgan fingerprint density at radius 3 is 2.16 bits per heavy atom. The average Bonchev–Trinajstić information content (AvgIpc) is 2.86. The summed E-state index contributed by atoms with van der Waals surface area (Å²) in [7, 11) is 0. The van der Waals surface area contributed by atoms with Crippen molar-refractivity contribution in [3.8, 4) is 0 Å². The first-order valence-electron chi connectivity index (χ1n) is 6.86. The van der Waals surface area contributed by atoms with Gasteiger partial charge >= 0.3 is 0 Å². The number of furan rings is 1. The van der Waals surface area contributed by atoms with Gasteiger partial charge in [-0.05, 0) is 28.7 Å². The molecular weight excluding hydrogens is 234 g/mol. The zero-order valence-electron chi connectivity index (χ0n) is 12.2. The van der Waals surface area contributed by atoms with E-state index in [1.54, 1.807) is 0 Å². The summed E-state index contributed by atoms with van der Waals surface area (Å²) in [6, 6.07) is 12.3. The standard InChI is InChI=1S/C17H23NO/c1-5-14-10-11-15(19-14)16(18)12-6-8-13(9-7-12)17(2,3)4/h6-11,16H,5,18H2,1-4H3. The summed E-state index contributed by atoms with van der Waals surface area (Å²) in [6.45, 7) is 8.71. The van der Waals surface area contributed by atoms with Crippen LogP contribution in [0.5, 0.6) is 0 Å². The predicted molar refractivity (Wildman–Crippen MR) is 79.3 cm³/mol. The van der Waals surface area contributed by atoms with Crippen LogP contribution >= 0.6 is 0 Å². The Kier molecular flexibility index (Phi) is 3.81. The van der Waals surface area contributed by atoms with Crippen molar-refractivity contribution in [3.63, 3.8) is 0 Å². The molecule has 2 nitrogen and oxygen atoms in total. The molecule has 19 heavy (non-hydrogen) atoms. The van der Waals surface area contributed by atoms with Gasteiger partial charge in [-0.15, -0.1) is 0 Å². The molecule has 0 aliphatic rings. The lowest BCUT2D eigenvalue weighted by atomic mass is 9.86. The minimum absolute atomic E-state index is 0.169. The van der Waals surface area contributed by atoms with Crippen LogP contribution in [0.1, 0.15) is 56.4 Å². The quantitative estimate of drug-likeness (QED) is 0.895. The van der Waals surface area contributed by atoms with Gasteiger partial charge in [-0.1, -0.05) is 52.0 Å². The van der Waals surface area contributed by atoms with Crippen LogP contribution < -0.4 is 5.73 Å². The van der Waals surface area contributed by atoms with Crippen LogP contribution in [0.4, 0.5) is 0 Å². The highest BCUT2D eigenvalue weighted by Gasteiger charge is 2.16. The maximum atomic E-state index is 6.25. The molecule has 0 saturated carbocycles. The number of nitrogens with two attached hydrogens (primary N) is 1. The van der Waals surface area contributed by atoms with Crippen molar-refractivity contribution in [2.45, 2.75) is 45.6 Å². The van der Waals surface area contributed by atoms with Gasteiger partial charge in [-0.25, -0.2) is 0 Å². The highest BCUT2D eigenvalue weighted by Crippen LogP contribution is 2.26. The van der Waals surface area contributed by atoms with Gasteiger partial charge in [0.2, 0.25) is 0 Å². The van der Waals surface area contributed by atoms with Crippen LogP contribution in [-0.4, -0.2) is 0 Å². The van der Waals surface area contributed by atoms with Crippen LogP contribution in [0.2, 0.25) is 0 Å². The smallest absolute Gasteiger partial charge is 0.125 e. The molecule has 0 aliphatic heterocycles. The summed E-state index contributed by atoms with van der Waals surface area (Å²) in [5.74, 6) is 1.82. The van der Waals surface area contributed by atoms with E-state index in [-0.39, 0.29) is 11.5 Å². The molecule has 1 atom stereocenters. The largest absolute Gasteiger partial charge is 0.464 e. The zero-order chi connectivity index (χ0) is 14.0. The van der Waals surface area contributed by atoms with Crippen molar-refractivity contribution in [3.05, 3.63) is 59.0 Å². The third-order valence-electron chi connectivity index (χ3n) is 3.47. The summed E-state index contributed by atoms with van der Waals surface area (Å²) in [5.41, 5.74) is 8.82. The summed E-state index contributed by atoms with van der Waals surface area (Å²) < 4.78 is 5.72. The lowest BCUT2D eigenvalue weighted by Crippen LogP contribution is -2.13. The number of rotatable bonds is 3. The van der Waals surface area contributed by atoms with E-state index in [1.807, 2.05) is 12.1 Å². The van der Waals surface area contributed by atoms with Crippen LogP contribution in [0.3, 0.4) is 0 Å². The Balaban J connectivity index is 2.22. The third-order valence-corrected chi connectivity index (χ3v) is 3.47. The van der Waals surface area contributed by atoms with Gasteiger partial charge in [0.05, 0.1) is 6.04 Å². The van der Waals surface area contributed by atoms with Crippen molar-refractivity contribution in [2.24, 2.45) is 5.73 Å². The van der Waals surface area contributed by atoms with E-state index in [2.05, 4.69) is 52.0 Å². The monoisotopic (exact) mass is 257 g/mol. The molecule has 1 aromatic carbocycles. The van der Waals surface area contributed by atoms with Gasteiger partial charge in [0.1, 0.15) is 11.5 Å². The molecule has 0 spiro atoms. The molecule has 0 saturated heterocycles. The van der Waals surface area contributed by atoms with E-state index in [0.717, 1.165) is 23.5 Å². The number of aryl methyl sites for hydroxylation is 1. The van der Waals surface area contributed by atoms with Gasteiger partial charge < -0.3 is 10.2 Å². The minimum atomic E-state index is -0.186. The topological polar surface area (TPSA) is 39.2 Å². The predicted octanol–water partition coefficient (Wildman–Crippen LogP) is 4.19. The Labute approximate surface area is 115 Å². The average molecular weight is 257 g/mol. The molecule has 0 bridgehead atoms. The first kappa shape index (κ1) is 13.9. The maximum Gasteiger partial charge on any atom is 0.125 e. The highest BCUT2D eigenvalue weighted by atomic mass is 16.3. The molecule has 1 aromatic heterocycles. The molecule has 2 rings (SSSR count).